The lowest BCUT2D eigenvalue weighted by atomic mass is 10.0. The number of hydrogen-bond acceptors (Lipinski definition) is 7. The highest BCUT2D eigenvalue weighted by molar-refractivity contribution is 8.15. The zero-order chi connectivity index (χ0) is 21.0. The van der Waals surface area contributed by atoms with Crippen LogP contribution in [0.3, 0.4) is 0 Å². The molecule has 1 aliphatic rings. The second kappa shape index (κ2) is 8.97. The molecule has 1 aliphatic heterocycles. The molecule has 2 aromatic carbocycles. The van der Waals surface area contributed by atoms with Crippen LogP contribution in [-0.2, 0) is 4.79 Å². The van der Waals surface area contributed by atoms with Crippen molar-refractivity contribution in [1.82, 2.24) is 5.32 Å². The average molecular weight is 431 g/mol. The molecule has 1 fully saturated rings. The lowest BCUT2D eigenvalue weighted by Gasteiger charge is -2.06. The Kier molecular flexibility index (Phi) is 6.40. The Morgan fingerprint density at radius 1 is 1.31 bits per heavy atom. The SMILES string of the molecule is Cc1cc(C(=O)CC2S/C(=N\N=C\c3ccc([N+](=O)[O-])cc3)NC2=O)ccc1Cl. The van der Waals surface area contributed by atoms with Gasteiger partial charge in [-0.05, 0) is 48.4 Å². The molecule has 0 radical (unpaired) electrons. The molecule has 0 bridgehead atoms. The number of benzene rings is 2. The van der Waals surface area contributed by atoms with Gasteiger partial charge in [0.25, 0.3) is 5.69 Å². The number of rotatable bonds is 6. The van der Waals surface area contributed by atoms with E-state index in [0.717, 1.165) is 17.3 Å². The normalized spacial score (nSPS) is 17.7. The number of nitrogens with zero attached hydrogens (tertiary/aromatic N) is 3. The van der Waals surface area contributed by atoms with Gasteiger partial charge in [0.05, 0.1) is 16.4 Å². The van der Waals surface area contributed by atoms with E-state index in [1.54, 1.807) is 18.2 Å². The minimum atomic E-state index is -0.591. The number of nitro benzene ring substituents is 1. The summed E-state index contributed by atoms with van der Waals surface area (Å²) in [5.41, 5.74) is 1.90. The summed E-state index contributed by atoms with van der Waals surface area (Å²) in [7, 11) is 0. The number of aryl methyl sites for hydroxylation is 1. The van der Waals surface area contributed by atoms with Gasteiger partial charge in [0, 0.05) is 29.1 Å². The van der Waals surface area contributed by atoms with Crippen molar-refractivity contribution in [1.29, 1.82) is 0 Å². The van der Waals surface area contributed by atoms with Crippen LogP contribution in [0.1, 0.15) is 27.9 Å². The predicted molar refractivity (Wildman–Crippen MR) is 113 cm³/mol. The Balaban J connectivity index is 1.61. The van der Waals surface area contributed by atoms with E-state index in [1.807, 2.05) is 6.92 Å². The molecule has 0 saturated carbocycles. The third kappa shape index (κ3) is 5.27. The van der Waals surface area contributed by atoms with Crippen LogP contribution in [0.15, 0.2) is 52.7 Å². The summed E-state index contributed by atoms with van der Waals surface area (Å²) in [6.45, 7) is 1.81. The van der Waals surface area contributed by atoms with Gasteiger partial charge in [0.1, 0.15) is 0 Å². The van der Waals surface area contributed by atoms with E-state index in [4.69, 9.17) is 11.6 Å². The second-order valence-corrected chi connectivity index (χ2v) is 7.78. The minimum Gasteiger partial charge on any atom is -0.303 e. The van der Waals surface area contributed by atoms with Gasteiger partial charge in [0.15, 0.2) is 11.0 Å². The summed E-state index contributed by atoms with van der Waals surface area (Å²) in [4.78, 5) is 34.7. The monoisotopic (exact) mass is 430 g/mol. The number of nitro groups is 1. The smallest absolute Gasteiger partial charge is 0.269 e. The largest absolute Gasteiger partial charge is 0.303 e. The first kappa shape index (κ1) is 20.7. The first-order chi connectivity index (χ1) is 13.8. The van der Waals surface area contributed by atoms with Gasteiger partial charge < -0.3 is 5.32 Å². The zero-order valence-corrected chi connectivity index (χ0v) is 16.7. The zero-order valence-electron chi connectivity index (χ0n) is 15.2. The molecule has 148 valence electrons. The molecule has 0 aromatic heterocycles. The van der Waals surface area contributed by atoms with E-state index in [1.165, 1.54) is 30.5 Å². The molecule has 1 N–H and O–H groups in total. The van der Waals surface area contributed by atoms with Gasteiger partial charge in [-0.25, -0.2) is 0 Å². The predicted octanol–water partition coefficient (Wildman–Crippen LogP) is 3.75. The van der Waals surface area contributed by atoms with E-state index in [2.05, 4.69) is 15.5 Å². The molecule has 1 unspecified atom stereocenters. The highest BCUT2D eigenvalue weighted by Gasteiger charge is 2.32. The average Bonchev–Trinajstić information content (AvgIpc) is 3.03. The quantitative estimate of drug-likeness (QED) is 0.324. The van der Waals surface area contributed by atoms with Crippen molar-refractivity contribution in [3.8, 4) is 0 Å². The number of ketones is 1. The van der Waals surface area contributed by atoms with Crippen LogP contribution in [-0.4, -0.2) is 33.2 Å². The van der Waals surface area contributed by atoms with Gasteiger partial charge in [-0.2, -0.15) is 5.10 Å². The molecule has 0 spiro atoms. The second-order valence-electron chi connectivity index (χ2n) is 6.19. The topological polar surface area (TPSA) is 114 Å². The van der Waals surface area contributed by atoms with Crippen LogP contribution >= 0.6 is 23.4 Å². The molecule has 2 aromatic rings. The fraction of sp³-hybridized carbons (Fsp3) is 0.158. The fourth-order valence-corrected chi connectivity index (χ4v) is 3.56. The van der Waals surface area contributed by atoms with Crippen LogP contribution < -0.4 is 5.32 Å². The number of nitrogens with one attached hydrogen (secondary N) is 1. The van der Waals surface area contributed by atoms with Crippen molar-refractivity contribution >= 4 is 52.1 Å². The van der Waals surface area contributed by atoms with Crippen molar-refractivity contribution < 1.29 is 14.5 Å². The first-order valence-corrected chi connectivity index (χ1v) is 9.71. The van der Waals surface area contributed by atoms with Crippen LogP contribution in [0.4, 0.5) is 5.69 Å². The van der Waals surface area contributed by atoms with Crippen molar-refractivity contribution in [2.45, 2.75) is 18.6 Å². The van der Waals surface area contributed by atoms with Crippen molar-refractivity contribution in [3.05, 3.63) is 74.3 Å². The van der Waals surface area contributed by atoms with Crippen LogP contribution in [0, 0.1) is 17.0 Å². The Morgan fingerprint density at radius 2 is 2.03 bits per heavy atom. The third-order valence-corrected chi connectivity index (χ3v) is 5.58. The molecule has 0 aliphatic carbocycles. The van der Waals surface area contributed by atoms with E-state index in [-0.39, 0.29) is 23.8 Å². The number of thioether (sulfide) groups is 1. The molecule has 1 amide bonds. The van der Waals surface area contributed by atoms with Gasteiger partial charge >= 0.3 is 0 Å². The summed E-state index contributed by atoms with van der Waals surface area (Å²) in [6, 6.07) is 10.8. The number of halogens is 1. The van der Waals surface area contributed by atoms with Crippen molar-refractivity contribution in [2.75, 3.05) is 0 Å². The first-order valence-electron chi connectivity index (χ1n) is 8.46. The van der Waals surface area contributed by atoms with E-state index < -0.39 is 10.2 Å². The van der Waals surface area contributed by atoms with Gasteiger partial charge in [-0.3, -0.25) is 19.7 Å². The standard InChI is InChI=1S/C19H15ClN4O4S/c1-11-8-13(4-7-15(11)20)16(25)9-17-18(26)22-19(29-17)23-21-10-12-2-5-14(6-3-12)24(27)28/h2-8,10,17H,9H2,1H3,(H,22,23,26)/b21-10+. The summed E-state index contributed by atoms with van der Waals surface area (Å²) in [6.07, 6.45) is 1.45. The van der Waals surface area contributed by atoms with Crippen molar-refractivity contribution in [3.63, 3.8) is 0 Å². The fourth-order valence-electron chi connectivity index (χ4n) is 2.52. The Hall–Kier alpha value is -3.04. The Bertz CT molecular complexity index is 1040. The highest BCUT2D eigenvalue weighted by Crippen LogP contribution is 2.25. The molecular weight excluding hydrogens is 416 g/mol. The lowest BCUT2D eigenvalue weighted by Crippen LogP contribution is -2.26. The number of non-ortho nitro benzene ring substituents is 1. The molecule has 3 rings (SSSR count). The molecule has 10 heteroatoms. The summed E-state index contributed by atoms with van der Waals surface area (Å²) in [5.74, 6) is -0.466. The minimum absolute atomic E-state index is 0.0181. The van der Waals surface area contributed by atoms with E-state index in [9.17, 15) is 19.7 Å². The number of amides is 1. The number of carbonyl (C=O) groups excluding carboxylic acids is 2. The number of Topliss-reactive ketones (excluding diaryl/α,β-unsaturated/α-hetero) is 1. The van der Waals surface area contributed by atoms with Gasteiger partial charge in [-0.15, -0.1) is 5.10 Å². The highest BCUT2D eigenvalue weighted by atomic mass is 35.5. The Labute approximate surface area is 175 Å². The number of amidine groups is 1. The maximum absolute atomic E-state index is 12.4. The maximum Gasteiger partial charge on any atom is 0.269 e. The summed E-state index contributed by atoms with van der Waals surface area (Å²) in [5, 5.41) is 21.3. The van der Waals surface area contributed by atoms with Gasteiger partial charge in [-0.1, -0.05) is 23.4 Å². The number of carbonyl (C=O) groups is 2. The van der Waals surface area contributed by atoms with E-state index >= 15 is 0 Å². The Morgan fingerprint density at radius 3 is 2.69 bits per heavy atom. The molecule has 1 heterocycles. The lowest BCUT2D eigenvalue weighted by molar-refractivity contribution is -0.384. The maximum atomic E-state index is 12.4. The summed E-state index contributed by atoms with van der Waals surface area (Å²) >= 11 is 7.10. The third-order valence-electron chi connectivity index (χ3n) is 4.09. The summed E-state index contributed by atoms with van der Waals surface area (Å²) < 4.78 is 0. The van der Waals surface area contributed by atoms with E-state index in [0.29, 0.717) is 21.3 Å². The molecule has 8 nitrogen and oxygen atoms in total. The van der Waals surface area contributed by atoms with Crippen molar-refractivity contribution in [2.24, 2.45) is 10.2 Å². The molecule has 1 saturated heterocycles. The van der Waals surface area contributed by atoms with Gasteiger partial charge in [0.2, 0.25) is 5.91 Å². The molecule has 1 atom stereocenters. The number of hydrogen-bond donors (Lipinski definition) is 1. The molecular formula is C19H15ClN4O4S. The van der Waals surface area contributed by atoms with Crippen LogP contribution in [0.25, 0.3) is 0 Å². The molecule has 29 heavy (non-hydrogen) atoms. The van der Waals surface area contributed by atoms with Crippen LogP contribution in [0.2, 0.25) is 5.02 Å². The van der Waals surface area contributed by atoms with Crippen LogP contribution in [0.5, 0.6) is 0 Å².